The quantitative estimate of drug-likeness (QED) is 0.794. The molecule has 1 unspecified atom stereocenters. The second-order valence-corrected chi connectivity index (χ2v) is 8.43. The van der Waals surface area contributed by atoms with E-state index in [0.717, 1.165) is 16.4 Å². The fourth-order valence-corrected chi connectivity index (χ4v) is 3.52. The zero-order chi connectivity index (χ0) is 20.0. The van der Waals surface area contributed by atoms with E-state index in [9.17, 15) is 18.0 Å². The van der Waals surface area contributed by atoms with Gasteiger partial charge in [-0.05, 0) is 25.6 Å². The molecule has 1 aromatic rings. The van der Waals surface area contributed by atoms with E-state index in [2.05, 4.69) is 35.9 Å². The summed E-state index contributed by atoms with van der Waals surface area (Å²) in [5, 5.41) is 8.57. The van der Waals surface area contributed by atoms with Gasteiger partial charge in [-0.3, -0.25) is 9.69 Å². The maximum atomic E-state index is 12.6. The number of aromatic nitrogens is 2. The minimum Gasteiger partial charge on any atom is -0.352 e. The number of amides is 1. The highest BCUT2D eigenvalue weighted by molar-refractivity contribution is 5.84. The number of likely N-dealkylation sites (tertiary alicyclic amines) is 1. The van der Waals surface area contributed by atoms with Gasteiger partial charge in [0.25, 0.3) is 0 Å². The minimum absolute atomic E-state index is 0.0612. The Bertz CT molecular complexity index is 680. The predicted octanol–water partition coefficient (Wildman–Crippen LogP) is 2.06. The molecular formula is C18H26F3N5O. The topological polar surface area (TPSA) is 52.6 Å². The van der Waals surface area contributed by atoms with E-state index in [1.807, 2.05) is 24.1 Å². The van der Waals surface area contributed by atoms with Gasteiger partial charge in [-0.2, -0.15) is 18.3 Å². The Balaban J connectivity index is 1.54. The van der Waals surface area contributed by atoms with Gasteiger partial charge in [0.2, 0.25) is 5.91 Å². The van der Waals surface area contributed by atoms with E-state index < -0.39 is 24.7 Å². The average molecular weight is 385 g/mol. The highest BCUT2D eigenvalue weighted by Crippen LogP contribution is 2.28. The standard InChI is InChI=1S/C18H26F3N5O/c1-17(2,3)14-5-6-15(23-22-14)26-9-12(10-26)24(4)13-7-8-25(16(13)27)11-18(19,20)21/h5-6,12-13H,7-11H2,1-4H3. The lowest BCUT2D eigenvalue weighted by atomic mass is 9.92. The van der Waals surface area contributed by atoms with Crippen molar-refractivity contribution in [2.45, 2.75) is 50.9 Å². The van der Waals surface area contributed by atoms with Crippen LogP contribution in [-0.2, 0) is 10.2 Å². The number of alkyl halides is 3. The van der Waals surface area contributed by atoms with Gasteiger partial charge in [0, 0.05) is 31.1 Å². The smallest absolute Gasteiger partial charge is 0.352 e. The zero-order valence-corrected chi connectivity index (χ0v) is 16.1. The molecule has 1 atom stereocenters. The van der Waals surface area contributed by atoms with Crippen LogP contribution < -0.4 is 4.90 Å². The molecule has 0 aliphatic carbocycles. The van der Waals surface area contributed by atoms with Crippen LogP contribution >= 0.6 is 0 Å². The van der Waals surface area contributed by atoms with Gasteiger partial charge in [0.1, 0.15) is 6.54 Å². The molecule has 3 heterocycles. The Kier molecular flexibility index (Phi) is 5.09. The highest BCUT2D eigenvalue weighted by atomic mass is 19.4. The third-order valence-corrected chi connectivity index (χ3v) is 5.31. The molecule has 0 spiro atoms. The van der Waals surface area contributed by atoms with Crippen molar-refractivity contribution in [2.75, 3.05) is 38.1 Å². The molecule has 0 bridgehead atoms. The van der Waals surface area contributed by atoms with Crippen molar-refractivity contribution < 1.29 is 18.0 Å². The molecule has 0 N–H and O–H groups in total. The third kappa shape index (κ3) is 4.34. The Morgan fingerprint density at radius 1 is 1.19 bits per heavy atom. The maximum Gasteiger partial charge on any atom is 0.406 e. The van der Waals surface area contributed by atoms with Crippen LogP contribution in [-0.4, -0.2) is 77.4 Å². The molecule has 0 saturated carbocycles. The normalized spacial score (nSPS) is 21.9. The molecule has 0 radical (unpaired) electrons. The van der Waals surface area contributed by atoms with Gasteiger partial charge in [-0.1, -0.05) is 20.8 Å². The summed E-state index contributed by atoms with van der Waals surface area (Å²) >= 11 is 0. The summed E-state index contributed by atoms with van der Waals surface area (Å²) in [4.78, 5) is 17.2. The van der Waals surface area contributed by atoms with Crippen LogP contribution in [0.1, 0.15) is 32.9 Å². The fourth-order valence-electron chi connectivity index (χ4n) is 3.52. The van der Waals surface area contributed by atoms with Gasteiger partial charge in [0.05, 0.1) is 11.7 Å². The highest BCUT2D eigenvalue weighted by Gasteiger charge is 2.44. The van der Waals surface area contributed by atoms with Crippen molar-refractivity contribution in [3.63, 3.8) is 0 Å². The van der Waals surface area contributed by atoms with Crippen LogP contribution in [0.2, 0.25) is 0 Å². The second kappa shape index (κ2) is 6.92. The second-order valence-electron chi connectivity index (χ2n) is 8.43. The van der Waals surface area contributed by atoms with E-state index in [1.54, 1.807) is 0 Å². The number of nitrogens with zero attached hydrogens (tertiary/aromatic N) is 5. The van der Waals surface area contributed by atoms with Crippen LogP contribution in [0.3, 0.4) is 0 Å². The molecule has 9 heteroatoms. The molecule has 3 rings (SSSR count). The first kappa shape index (κ1) is 19.9. The van der Waals surface area contributed by atoms with E-state index in [-0.39, 0.29) is 18.0 Å². The summed E-state index contributed by atoms with van der Waals surface area (Å²) in [6.45, 7) is 6.59. The lowest BCUT2D eigenvalue weighted by Gasteiger charge is -2.46. The van der Waals surface area contributed by atoms with E-state index in [4.69, 9.17) is 0 Å². The lowest BCUT2D eigenvalue weighted by molar-refractivity contribution is -0.159. The summed E-state index contributed by atoms with van der Waals surface area (Å²) in [5.74, 6) is 0.353. The molecule has 2 fully saturated rings. The first-order valence-corrected chi connectivity index (χ1v) is 9.12. The molecule has 27 heavy (non-hydrogen) atoms. The Labute approximate surface area is 157 Å². The lowest BCUT2D eigenvalue weighted by Crippen LogP contribution is -2.62. The predicted molar refractivity (Wildman–Crippen MR) is 95.5 cm³/mol. The number of likely N-dealkylation sites (N-methyl/N-ethyl adjacent to an activating group) is 1. The van der Waals surface area contributed by atoms with Crippen molar-refractivity contribution in [1.29, 1.82) is 0 Å². The monoisotopic (exact) mass is 385 g/mol. The van der Waals surface area contributed by atoms with Gasteiger partial charge in [-0.25, -0.2) is 0 Å². The Morgan fingerprint density at radius 3 is 2.37 bits per heavy atom. The molecule has 1 aromatic heterocycles. The summed E-state index contributed by atoms with van der Waals surface area (Å²) in [7, 11) is 1.82. The average Bonchev–Trinajstić information content (AvgIpc) is 2.84. The number of carbonyl (C=O) groups excluding carboxylic acids is 1. The van der Waals surface area contributed by atoms with Crippen LogP contribution in [0, 0.1) is 0 Å². The third-order valence-electron chi connectivity index (χ3n) is 5.31. The number of rotatable bonds is 4. The molecule has 1 amide bonds. The number of hydrogen-bond donors (Lipinski definition) is 0. The van der Waals surface area contributed by atoms with Crippen molar-refractivity contribution in [2.24, 2.45) is 0 Å². The van der Waals surface area contributed by atoms with Gasteiger partial charge < -0.3 is 9.80 Å². The molecule has 2 aliphatic rings. The largest absolute Gasteiger partial charge is 0.406 e. The van der Waals surface area contributed by atoms with Crippen LogP contribution in [0.15, 0.2) is 12.1 Å². The van der Waals surface area contributed by atoms with Crippen molar-refractivity contribution in [1.82, 2.24) is 20.0 Å². The first-order valence-electron chi connectivity index (χ1n) is 9.12. The summed E-state index contributed by atoms with van der Waals surface area (Å²) < 4.78 is 37.7. The molecule has 6 nitrogen and oxygen atoms in total. The van der Waals surface area contributed by atoms with Crippen LogP contribution in [0.25, 0.3) is 0 Å². The van der Waals surface area contributed by atoms with Gasteiger partial charge in [0.15, 0.2) is 5.82 Å². The minimum atomic E-state index is -4.35. The van der Waals surface area contributed by atoms with Crippen LogP contribution in [0.4, 0.5) is 19.0 Å². The van der Waals surface area contributed by atoms with Crippen molar-refractivity contribution in [3.05, 3.63) is 17.8 Å². The van der Waals surface area contributed by atoms with Gasteiger partial charge in [-0.15, -0.1) is 5.10 Å². The number of carbonyl (C=O) groups is 1. The number of anilines is 1. The summed E-state index contributed by atoms with van der Waals surface area (Å²) in [5.41, 5.74) is 0.857. The molecule has 0 aromatic carbocycles. The van der Waals surface area contributed by atoms with E-state index >= 15 is 0 Å². The van der Waals surface area contributed by atoms with Gasteiger partial charge >= 0.3 is 6.18 Å². The van der Waals surface area contributed by atoms with E-state index in [0.29, 0.717) is 19.5 Å². The molecular weight excluding hydrogens is 359 g/mol. The number of hydrogen-bond acceptors (Lipinski definition) is 5. The van der Waals surface area contributed by atoms with E-state index in [1.165, 1.54) is 0 Å². The molecule has 150 valence electrons. The zero-order valence-electron chi connectivity index (χ0n) is 16.1. The SMILES string of the molecule is CN(C1CN(c2ccc(C(C)(C)C)nn2)C1)C1CCN(CC(F)(F)F)C1=O. The first-order chi connectivity index (χ1) is 12.5. The number of halogens is 3. The summed E-state index contributed by atoms with van der Waals surface area (Å²) in [6, 6.07) is 3.55. The Hall–Kier alpha value is -1.90. The maximum absolute atomic E-state index is 12.6. The Morgan fingerprint density at radius 2 is 1.85 bits per heavy atom. The van der Waals surface area contributed by atoms with Crippen molar-refractivity contribution in [3.8, 4) is 0 Å². The molecule has 2 saturated heterocycles. The van der Waals surface area contributed by atoms with Crippen LogP contribution in [0.5, 0.6) is 0 Å². The van der Waals surface area contributed by atoms with Crippen molar-refractivity contribution >= 4 is 11.7 Å². The molecule has 2 aliphatic heterocycles. The fraction of sp³-hybridized carbons (Fsp3) is 0.722. The summed E-state index contributed by atoms with van der Waals surface area (Å²) in [6.07, 6.45) is -3.92.